The number of ketones is 1. The fourth-order valence-corrected chi connectivity index (χ4v) is 2.97. The molecule has 0 aromatic heterocycles. The molecule has 0 bridgehead atoms. The van der Waals surface area contributed by atoms with Crippen molar-refractivity contribution in [3.8, 4) is 5.75 Å². The number of hydrogen-bond acceptors (Lipinski definition) is 2. The van der Waals surface area contributed by atoms with Crippen LogP contribution in [-0.4, -0.2) is 10.9 Å². The quantitative estimate of drug-likeness (QED) is 0.879. The van der Waals surface area contributed by atoms with E-state index in [-0.39, 0.29) is 11.7 Å². The summed E-state index contributed by atoms with van der Waals surface area (Å²) in [7, 11) is 0. The Kier molecular flexibility index (Phi) is 4.40. The number of carbonyl (C=O) groups is 1. The van der Waals surface area contributed by atoms with Gasteiger partial charge in [0.15, 0.2) is 0 Å². The van der Waals surface area contributed by atoms with Gasteiger partial charge in [-0.25, -0.2) is 0 Å². The Labute approximate surface area is 109 Å². The molecule has 1 aromatic rings. The lowest BCUT2D eigenvalue weighted by Gasteiger charge is -2.27. The maximum absolute atomic E-state index is 12.3. The summed E-state index contributed by atoms with van der Waals surface area (Å²) in [6.07, 6.45) is 6.25. The average Bonchev–Trinajstić information content (AvgIpc) is 2.39. The molecule has 0 radical (unpaired) electrons. The first-order valence-electron chi connectivity index (χ1n) is 6.99. The van der Waals surface area contributed by atoms with E-state index < -0.39 is 0 Å². The summed E-state index contributed by atoms with van der Waals surface area (Å²) in [6, 6.07) is 7.05. The summed E-state index contributed by atoms with van der Waals surface area (Å²) < 4.78 is 0. The van der Waals surface area contributed by atoms with E-state index in [0.717, 1.165) is 24.3 Å². The van der Waals surface area contributed by atoms with Gasteiger partial charge in [-0.15, -0.1) is 0 Å². The molecule has 1 N–H and O–H groups in total. The minimum absolute atomic E-state index is 0.242. The molecule has 1 aliphatic rings. The second kappa shape index (κ2) is 6.03. The van der Waals surface area contributed by atoms with Gasteiger partial charge in [0.1, 0.15) is 11.5 Å². The highest BCUT2D eigenvalue weighted by molar-refractivity contribution is 5.83. The number of aromatic hydroxyl groups is 1. The standard InChI is InChI=1S/C16H22O2/c1-2-12-5-3-7-14(9-12)16(18)11-13-6-4-8-15(17)10-13/h4,6,8,10,12,14,17H,2-3,5,7,9,11H2,1H3. The molecule has 0 amide bonds. The molecule has 2 unspecified atom stereocenters. The SMILES string of the molecule is CCC1CCCC(C(=O)Cc2cccc(O)c2)C1. The van der Waals surface area contributed by atoms with Gasteiger partial charge in [0.05, 0.1) is 0 Å². The molecule has 1 aliphatic carbocycles. The third-order valence-electron chi connectivity index (χ3n) is 4.10. The van der Waals surface area contributed by atoms with E-state index in [1.165, 1.54) is 19.3 Å². The third-order valence-corrected chi connectivity index (χ3v) is 4.10. The van der Waals surface area contributed by atoms with Crippen molar-refractivity contribution in [3.63, 3.8) is 0 Å². The Balaban J connectivity index is 1.95. The highest BCUT2D eigenvalue weighted by atomic mass is 16.3. The van der Waals surface area contributed by atoms with E-state index in [4.69, 9.17) is 0 Å². The largest absolute Gasteiger partial charge is 0.508 e. The summed E-state index contributed by atoms with van der Waals surface area (Å²) in [5.74, 6) is 1.57. The molecule has 2 nitrogen and oxygen atoms in total. The summed E-state index contributed by atoms with van der Waals surface area (Å²) in [4.78, 5) is 12.3. The number of carbonyl (C=O) groups excluding carboxylic acids is 1. The van der Waals surface area contributed by atoms with Crippen LogP contribution in [0.4, 0.5) is 0 Å². The van der Waals surface area contributed by atoms with E-state index in [9.17, 15) is 9.90 Å². The van der Waals surface area contributed by atoms with Crippen molar-refractivity contribution < 1.29 is 9.90 Å². The number of hydrogen-bond donors (Lipinski definition) is 1. The molecule has 0 saturated heterocycles. The maximum atomic E-state index is 12.3. The third kappa shape index (κ3) is 3.34. The molecule has 0 spiro atoms. The molecule has 2 atom stereocenters. The highest BCUT2D eigenvalue weighted by Gasteiger charge is 2.26. The molecule has 0 heterocycles. The second-order valence-corrected chi connectivity index (χ2v) is 5.45. The van der Waals surface area contributed by atoms with Crippen molar-refractivity contribution >= 4 is 5.78 Å². The lowest BCUT2D eigenvalue weighted by Crippen LogP contribution is -2.24. The van der Waals surface area contributed by atoms with E-state index >= 15 is 0 Å². The van der Waals surface area contributed by atoms with E-state index in [0.29, 0.717) is 12.2 Å². The van der Waals surface area contributed by atoms with Crippen LogP contribution in [0, 0.1) is 11.8 Å². The van der Waals surface area contributed by atoms with Crippen LogP contribution in [0.15, 0.2) is 24.3 Å². The fourth-order valence-electron chi connectivity index (χ4n) is 2.97. The van der Waals surface area contributed by atoms with Crippen LogP contribution in [0.25, 0.3) is 0 Å². The zero-order chi connectivity index (χ0) is 13.0. The zero-order valence-corrected chi connectivity index (χ0v) is 11.1. The fraction of sp³-hybridized carbons (Fsp3) is 0.562. The average molecular weight is 246 g/mol. The van der Waals surface area contributed by atoms with Crippen molar-refractivity contribution in [1.29, 1.82) is 0 Å². The van der Waals surface area contributed by atoms with Gasteiger partial charge in [0.2, 0.25) is 0 Å². The van der Waals surface area contributed by atoms with Gasteiger partial charge < -0.3 is 5.11 Å². The molecule has 1 fully saturated rings. The molecule has 1 saturated carbocycles. The lowest BCUT2D eigenvalue weighted by atomic mass is 9.77. The van der Waals surface area contributed by atoms with Gasteiger partial charge in [-0.2, -0.15) is 0 Å². The molecule has 98 valence electrons. The van der Waals surface area contributed by atoms with Crippen molar-refractivity contribution in [3.05, 3.63) is 29.8 Å². The molecule has 2 heteroatoms. The molecule has 0 aliphatic heterocycles. The Bertz CT molecular complexity index is 411. The Morgan fingerprint density at radius 2 is 2.22 bits per heavy atom. The summed E-state index contributed by atoms with van der Waals surface area (Å²) in [5, 5.41) is 9.41. The monoisotopic (exact) mass is 246 g/mol. The van der Waals surface area contributed by atoms with Crippen molar-refractivity contribution in [2.24, 2.45) is 11.8 Å². The van der Waals surface area contributed by atoms with Crippen LogP contribution in [0.5, 0.6) is 5.75 Å². The van der Waals surface area contributed by atoms with E-state index in [1.807, 2.05) is 6.07 Å². The van der Waals surface area contributed by atoms with Crippen molar-refractivity contribution in [2.45, 2.75) is 45.4 Å². The van der Waals surface area contributed by atoms with Crippen LogP contribution in [0.1, 0.15) is 44.6 Å². The summed E-state index contributed by atoms with van der Waals surface area (Å²) in [6.45, 7) is 2.22. The van der Waals surface area contributed by atoms with Crippen molar-refractivity contribution in [2.75, 3.05) is 0 Å². The normalized spacial score (nSPS) is 23.8. The van der Waals surface area contributed by atoms with Gasteiger partial charge in [-0.05, 0) is 36.5 Å². The lowest BCUT2D eigenvalue weighted by molar-refractivity contribution is -0.123. The molecular formula is C16H22O2. The first-order valence-corrected chi connectivity index (χ1v) is 6.99. The van der Waals surface area contributed by atoms with Gasteiger partial charge in [0.25, 0.3) is 0 Å². The minimum atomic E-state index is 0.242. The molecule has 2 rings (SSSR count). The molecule has 18 heavy (non-hydrogen) atoms. The smallest absolute Gasteiger partial charge is 0.140 e. The minimum Gasteiger partial charge on any atom is -0.508 e. The van der Waals surface area contributed by atoms with Crippen LogP contribution in [-0.2, 0) is 11.2 Å². The van der Waals surface area contributed by atoms with Gasteiger partial charge >= 0.3 is 0 Å². The first kappa shape index (κ1) is 13.1. The van der Waals surface area contributed by atoms with Crippen LogP contribution in [0.2, 0.25) is 0 Å². The number of benzene rings is 1. The first-order chi connectivity index (χ1) is 8.69. The number of phenolic OH excluding ortho intramolecular Hbond substituents is 1. The van der Waals surface area contributed by atoms with Crippen LogP contribution in [0.3, 0.4) is 0 Å². The maximum Gasteiger partial charge on any atom is 0.140 e. The summed E-state index contributed by atoms with van der Waals surface area (Å²) >= 11 is 0. The van der Waals surface area contributed by atoms with Gasteiger partial charge in [-0.3, -0.25) is 4.79 Å². The predicted molar refractivity (Wildman–Crippen MR) is 72.6 cm³/mol. The topological polar surface area (TPSA) is 37.3 Å². The Hall–Kier alpha value is -1.31. The van der Waals surface area contributed by atoms with Crippen molar-refractivity contribution in [1.82, 2.24) is 0 Å². The molecular weight excluding hydrogens is 224 g/mol. The number of rotatable bonds is 4. The predicted octanol–water partition coefficient (Wildman–Crippen LogP) is 3.72. The highest BCUT2D eigenvalue weighted by Crippen LogP contribution is 2.32. The Morgan fingerprint density at radius 3 is 2.94 bits per heavy atom. The van der Waals surface area contributed by atoms with E-state index in [2.05, 4.69) is 6.92 Å². The van der Waals surface area contributed by atoms with Crippen LogP contribution < -0.4 is 0 Å². The number of phenols is 1. The van der Waals surface area contributed by atoms with E-state index in [1.54, 1.807) is 18.2 Å². The zero-order valence-electron chi connectivity index (χ0n) is 11.1. The van der Waals surface area contributed by atoms with Gasteiger partial charge in [0, 0.05) is 12.3 Å². The Morgan fingerprint density at radius 1 is 1.39 bits per heavy atom. The van der Waals surface area contributed by atoms with Crippen LogP contribution >= 0.6 is 0 Å². The second-order valence-electron chi connectivity index (χ2n) is 5.45. The summed E-state index contributed by atoms with van der Waals surface area (Å²) in [5.41, 5.74) is 0.929. The molecule has 1 aromatic carbocycles. The van der Waals surface area contributed by atoms with Gasteiger partial charge in [-0.1, -0.05) is 38.3 Å². The number of Topliss-reactive ketones (excluding diaryl/α,β-unsaturated/α-hetero) is 1.